The number of amides is 1. The van der Waals surface area contributed by atoms with Crippen LogP contribution in [0.3, 0.4) is 0 Å². The summed E-state index contributed by atoms with van der Waals surface area (Å²) in [6, 6.07) is 3.04. The van der Waals surface area contributed by atoms with Crippen molar-refractivity contribution in [3.8, 4) is 0 Å². The number of furan rings is 1. The zero-order valence-corrected chi connectivity index (χ0v) is 9.14. The minimum absolute atomic E-state index is 0.0122. The van der Waals surface area contributed by atoms with Crippen LogP contribution in [0.5, 0.6) is 0 Å². The van der Waals surface area contributed by atoms with E-state index in [9.17, 15) is 17.8 Å². The van der Waals surface area contributed by atoms with E-state index in [2.05, 4.69) is 5.32 Å². The Morgan fingerprint density at radius 1 is 1.60 bits per heavy atom. The summed E-state index contributed by atoms with van der Waals surface area (Å²) in [5.41, 5.74) is 0. The lowest BCUT2D eigenvalue weighted by molar-refractivity contribution is 0.0928. The highest BCUT2D eigenvalue weighted by Gasteiger charge is 2.06. The molecule has 0 bridgehead atoms. The highest BCUT2D eigenvalue weighted by molar-refractivity contribution is 8.69. The molecule has 0 unspecified atom stereocenters. The molecule has 0 saturated carbocycles. The molecule has 84 valence electrons. The molecule has 0 aromatic carbocycles. The quantitative estimate of drug-likeness (QED) is 0.455. The third-order valence-electron chi connectivity index (χ3n) is 1.36. The lowest BCUT2D eigenvalue weighted by Gasteiger charge is -2.05. The minimum Gasteiger partial charge on any atom is -0.739 e. The predicted octanol–water partition coefficient (Wildman–Crippen LogP) is 0.203. The van der Waals surface area contributed by atoms with Crippen molar-refractivity contribution in [2.45, 2.75) is 0 Å². The van der Waals surface area contributed by atoms with Gasteiger partial charge in [0.25, 0.3) is 5.91 Å². The zero-order valence-electron chi connectivity index (χ0n) is 7.50. The SMILES string of the molecule is O=C(NCCSS(=O)(=O)[O-])c1ccco1. The van der Waals surface area contributed by atoms with Crippen molar-refractivity contribution in [3.05, 3.63) is 24.2 Å². The number of hydrogen-bond donors (Lipinski definition) is 1. The van der Waals surface area contributed by atoms with Crippen LogP contribution in [0.25, 0.3) is 0 Å². The molecule has 6 nitrogen and oxygen atoms in total. The third-order valence-corrected chi connectivity index (χ3v) is 3.39. The van der Waals surface area contributed by atoms with Crippen LogP contribution in [0.2, 0.25) is 0 Å². The smallest absolute Gasteiger partial charge is 0.287 e. The summed E-state index contributed by atoms with van der Waals surface area (Å²) in [7, 11) is -4.04. The van der Waals surface area contributed by atoms with Crippen LogP contribution < -0.4 is 5.32 Å². The van der Waals surface area contributed by atoms with Crippen LogP contribution in [-0.4, -0.2) is 31.2 Å². The van der Waals surface area contributed by atoms with Crippen LogP contribution in [0, 0.1) is 0 Å². The average Bonchev–Trinajstić information content (AvgIpc) is 2.63. The van der Waals surface area contributed by atoms with E-state index in [4.69, 9.17) is 4.42 Å². The van der Waals surface area contributed by atoms with Crippen molar-refractivity contribution in [2.75, 3.05) is 12.3 Å². The van der Waals surface area contributed by atoms with E-state index >= 15 is 0 Å². The molecule has 1 aromatic heterocycles. The van der Waals surface area contributed by atoms with Gasteiger partial charge in [-0.25, -0.2) is 8.42 Å². The highest BCUT2D eigenvalue weighted by atomic mass is 33.1. The molecule has 1 N–H and O–H groups in total. The molecular weight excluding hydrogens is 242 g/mol. The molecule has 1 amide bonds. The van der Waals surface area contributed by atoms with Crippen molar-refractivity contribution in [3.63, 3.8) is 0 Å². The van der Waals surface area contributed by atoms with Crippen LogP contribution >= 0.6 is 10.8 Å². The van der Waals surface area contributed by atoms with E-state index in [1.54, 1.807) is 6.07 Å². The average molecular weight is 250 g/mol. The van der Waals surface area contributed by atoms with E-state index in [0.29, 0.717) is 0 Å². The first-order chi connectivity index (χ1) is 6.99. The molecule has 0 aliphatic carbocycles. The minimum atomic E-state index is -4.28. The summed E-state index contributed by atoms with van der Waals surface area (Å²) in [4.78, 5) is 11.2. The van der Waals surface area contributed by atoms with E-state index in [0.717, 1.165) is 0 Å². The summed E-state index contributed by atoms with van der Waals surface area (Å²) in [5.74, 6) is -0.285. The van der Waals surface area contributed by atoms with Crippen LogP contribution in [-0.2, 0) is 9.15 Å². The molecule has 0 aliphatic heterocycles. The van der Waals surface area contributed by atoms with Crippen LogP contribution in [0.4, 0.5) is 0 Å². The molecule has 0 saturated heterocycles. The van der Waals surface area contributed by atoms with Gasteiger partial charge in [0, 0.05) is 12.3 Å². The van der Waals surface area contributed by atoms with E-state index in [1.165, 1.54) is 12.3 Å². The summed E-state index contributed by atoms with van der Waals surface area (Å²) < 4.78 is 35.3. The molecule has 1 aromatic rings. The van der Waals surface area contributed by atoms with Crippen molar-refractivity contribution in [1.82, 2.24) is 5.32 Å². The molecule has 0 atom stereocenters. The molecule has 8 heteroatoms. The van der Waals surface area contributed by atoms with Crippen molar-refractivity contribution >= 4 is 25.9 Å². The van der Waals surface area contributed by atoms with Gasteiger partial charge in [0.1, 0.15) is 9.15 Å². The number of carbonyl (C=O) groups excluding carboxylic acids is 1. The Labute approximate surface area is 90.2 Å². The molecule has 15 heavy (non-hydrogen) atoms. The Morgan fingerprint density at radius 2 is 2.33 bits per heavy atom. The number of nitrogens with one attached hydrogen (secondary N) is 1. The third kappa shape index (κ3) is 4.86. The fourth-order valence-corrected chi connectivity index (χ4v) is 2.06. The Hall–Kier alpha value is -0.990. The monoisotopic (exact) mass is 250 g/mol. The van der Waals surface area contributed by atoms with Gasteiger partial charge >= 0.3 is 0 Å². The molecule has 0 fully saturated rings. The maximum Gasteiger partial charge on any atom is 0.287 e. The van der Waals surface area contributed by atoms with Gasteiger partial charge in [0.05, 0.1) is 6.26 Å². The first-order valence-electron chi connectivity index (χ1n) is 3.91. The van der Waals surface area contributed by atoms with Gasteiger partial charge in [-0.3, -0.25) is 4.79 Å². The van der Waals surface area contributed by atoms with Gasteiger partial charge in [-0.2, -0.15) is 0 Å². The fraction of sp³-hybridized carbons (Fsp3) is 0.286. The second-order valence-corrected chi connectivity index (χ2v) is 5.86. The Kier molecular flexibility index (Phi) is 4.18. The van der Waals surface area contributed by atoms with Gasteiger partial charge < -0.3 is 14.3 Å². The normalized spacial score (nSPS) is 11.3. The summed E-state index contributed by atoms with van der Waals surface area (Å²) >= 11 is 0. The first-order valence-corrected chi connectivity index (χ1v) is 6.82. The van der Waals surface area contributed by atoms with Crippen molar-refractivity contribution < 1.29 is 22.2 Å². The molecular formula is C7H8NO5S2-. The van der Waals surface area contributed by atoms with Crippen LogP contribution in [0.15, 0.2) is 22.8 Å². The first kappa shape index (κ1) is 12.1. The number of hydrogen-bond acceptors (Lipinski definition) is 6. The van der Waals surface area contributed by atoms with Crippen molar-refractivity contribution in [2.24, 2.45) is 0 Å². The maximum atomic E-state index is 11.2. The fourth-order valence-electron chi connectivity index (χ4n) is 0.803. The topological polar surface area (TPSA) is 99.4 Å². The number of rotatable bonds is 5. The van der Waals surface area contributed by atoms with E-state index in [1.807, 2.05) is 0 Å². The zero-order chi connectivity index (χ0) is 11.3. The predicted molar refractivity (Wildman–Crippen MR) is 53.2 cm³/mol. The lowest BCUT2D eigenvalue weighted by atomic mass is 10.4. The van der Waals surface area contributed by atoms with Gasteiger partial charge in [-0.1, -0.05) is 0 Å². The van der Waals surface area contributed by atoms with Crippen molar-refractivity contribution in [1.29, 1.82) is 0 Å². The summed E-state index contributed by atoms with van der Waals surface area (Å²) in [5, 5.41) is 2.40. The Balaban J connectivity index is 2.24. The molecule has 0 aliphatic rings. The maximum absolute atomic E-state index is 11.2. The van der Waals surface area contributed by atoms with E-state index in [-0.39, 0.29) is 28.9 Å². The number of carbonyl (C=O) groups is 1. The molecule has 0 spiro atoms. The molecule has 1 heterocycles. The Morgan fingerprint density at radius 3 is 2.87 bits per heavy atom. The standard InChI is InChI=1S/C7H9NO5S2/c9-7(6-2-1-4-13-6)8-3-5-14-15(10,11)12/h1-2,4H,3,5H2,(H,8,9)(H,10,11,12)/p-1. The van der Waals surface area contributed by atoms with Gasteiger partial charge in [-0.15, -0.1) is 0 Å². The van der Waals surface area contributed by atoms with Gasteiger partial charge in [-0.05, 0) is 22.9 Å². The molecule has 0 radical (unpaired) electrons. The second kappa shape index (κ2) is 5.19. The molecule has 1 rings (SSSR count). The second-order valence-electron chi connectivity index (χ2n) is 2.46. The van der Waals surface area contributed by atoms with Gasteiger partial charge in [0.2, 0.25) is 0 Å². The summed E-state index contributed by atoms with van der Waals surface area (Å²) in [6.45, 7) is 0.0890. The van der Waals surface area contributed by atoms with Crippen LogP contribution in [0.1, 0.15) is 10.6 Å². The summed E-state index contributed by atoms with van der Waals surface area (Å²) in [6.07, 6.45) is 1.35. The van der Waals surface area contributed by atoms with E-state index < -0.39 is 15.1 Å². The largest absolute Gasteiger partial charge is 0.739 e. The Bertz CT molecular complexity index is 411. The lowest BCUT2D eigenvalue weighted by Crippen LogP contribution is -2.25. The van der Waals surface area contributed by atoms with Gasteiger partial charge in [0.15, 0.2) is 5.76 Å². The highest BCUT2D eigenvalue weighted by Crippen LogP contribution is 2.07.